The highest BCUT2D eigenvalue weighted by molar-refractivity contribution is 9.10. The summed E-state index contributed by atoms with van der Waals surface area (Å²) in [5, 5.41) is 3.17. The van der Waals surface area contributed by atoms with Gasteiger partial charge >= 0.3 is 6.18 Å². The van der Waals surface area contributed by atoms with E-state index in [2.05, 4.69) is 21.2 Å². The van der Waals surface area contributed by atoms with E-state index in [4.69, 9.17) is 0 Å². The number of halogens is 6. The van der Waals surface area contributed by atoms with Crippen molar-refractivity contribution in [3.8, 4) is 0 Å². The lowest BCUT2D eigenvalue weighted by Crippen LogP contribution is -2.46. The van der Waals surface area contributed by atoms with Crippen molar-refractivity contribution < 1.29 is 13.2 Å². The Hall–Kier alpha value is -0.0100. The average Bonchev–Trinajstić information content (AvgIpc) is 2.36. The molecule has 0 spiro atoms. The number of benzene rings is 1. The third-order valence-corrected chi connectivity index (χ3v) is 4.22. The van der Waals surface area contributed by atoms with Crippen molar-refractivity contribution in [2.24, 2.45) is 0 Å². The maximum Gasteiger partial charge on any atom is 0.390 e. The number of alkyl halides is 3. The van der Waals surface area contributed by atoms with Crippen molar-refractivity contribution in [1.29, 1.82) is 0 Å². The molecule has 0 unspecified atom stereocenters. The molecule has 0 aromatic heterocycles. The first kappa shape index (κ1) is 22.0. The Bertz CT molecular complexity index is 466. The van der Waals surface area contributed by atoms with E-state index in [0.717, 1.165) is 28.7 Å². The van der Waals surface area contributed by atoms with E-state index < -0.39 is 18.6 Å². The second-order valence-electron chi connectivity index (χ2n) is 5.15. The fourth-order valence-corrected chi connectivity index (χ4v) is 3.31. The first-order valence-corrected chi connectivity index (χ1v) is 7.44. The van der Waals surface area contributed by atoms with Crippen molar-refractivity contribution >= 4 is 40.7 Å². The summed E-state index contributed by atoms with van der Waals surface area (Å²) in [4.78, 5) is 1.92. The summed E-state index contributed by atoms with van der Waals surface area (Å²) in [7, 11) is 0. The third kappa shape index (κ3) is 6.24. The van der Waals surface area contributed by atoms with E-state index in [-0.39, 0.29) is 24.8 Å². The molecule has 0 amide bonds. The lowest BCUT2D eigenvalue weighted by molar-refractivity contribution is -0.148. The molecule has 22 heavy (non-hydrogen) atoms. The highest BCUT2D eigenvalue weighted by Gasteiger charge is 2.36. The van der Waals surface area contributed by atoms with Crippen molar-refractivity contribution in [2.75, 3.05) is 26.2 Å². The third-order valence-electron chi connectivity index (χ3n) is 3.53. The molecule has 0 bridgehead atoms. The van der Waals surface area contributed by atoms with Gasteiger partial charge in [-0.05, 0) is 24.1 Å². The van der Waals surface area contributed by atoms with Gasteiger partial charge in [0.15, 0.2) is 0 Å². The smallest absolute Gasteiger partial charge is 0.314 e. The van der Waals surface area contributed by atoms with Gasteiger partial charge < -0.3 is 5.32 Å². The van der Waals surface area contributed by atoms with Gasteiger partial charge in [0.05, 0.1) is 6.42 Å². The molecule has 1 aromatic rings. The van der Waals surface area contributed by atoms with Crippen LogP contribution in [0.4, 0.5) is 13.2 Å². The van der Waals surface area contributed by atoms with E-state index in [1.54, 1.807) is 6.07 Å². The van der Waals surface area contributed by atoms with Crippen LogP contribution in [0.15, 0.2) is 22.7 Å². The van der Waals surface area contributed by atoms with E-state index in [0.29, 0.717) is 13.1 Å². The number of nitrogens with one attached hydrogen (secondary N) is 1. The predicted molar refractivity (Wildman–Crippen MR) is 91.2 cm³/mol. The van der Waals surface area contributed by atoms with E-state index in [1.165, 1.54) is 0 Å². The molecule has 1 saturated heterocycles. The zero-order valence-corrected chi connectivity index (χ0v) is 15.3. The van der Waals surface area contributed by atoms with E-state index in [1.807, 2.05) is 24.0 Å². The van der Waals surface area contributed by atoms with Crippen LogP contribution in [0.3, 0.4) is 0 Å². The first-order valence-electron chi connectivity index (χ1n) is 6.64. The van der Waals surface area contributed by atoms with Crippen LogP contribution in [0.25, 0.3) is 0 Å². The van der Waals surface area contributed by atoms with Gasteiger partial charge in [0, 0.05) is 36.7 Å². The highest BCUT2D eigenvalue weighted by Crippen LogP contribution is 2.37. The summed E-state index contributed by atoms with van der Waals surface area (Å²) in [6, 6.07) is 4.93. The van der Waals surface area contributed by atoms with Crippen molar-refractivity contribution in [3.05, 3.63) is 33.8 Å². The zero-order valence-electron chi connectivity index (χ0n) is 12.1. The molecule has 1 heterocycles. The molecule has 1 aliphatic heterocycles. The topological polar surface area (TPSA) is 15.3 Å². The highest BCUT2D eigenvalue weighted by atomic mass is 79.9. The Morgan fingerprint density at radius 2 is 1.82 bits per heavy atom. The Kier molecular flexibility index (Phi) is 9.32. The molecule has 128 valence electrons. The molecule has 1 aromatic carbocycles. The second kappa shape index (κ2) is 9.33. The van der Waals surface area contributed by atoms with Crippen LogP contribution in [0.5, 0.6) is 0 Å². The molecule has 0 aliphatic carbocycles. The standard InChI is InChI=1S/C14H18BrF3N2.2ClH/c1-10-2-3-11(12(15)8-10)13(9-14(16,17)18)20-6-4-19-5-7-20;;/h2-3,8,13,19H,4-7,9H2,1H3;2*1H/t13-;;/m1../s1. The van der Waals surface area contributed by atoms with Crippen LogP contribution in [0.2, 0.25) is 0 Å². The summed E-state index contributed by atoms with van der Waals surface area (Å²) in [6.07, 6.45) is -4.98. The normalized spacial score (nSPS) is 17.3. The Labute approximate surface area is 149 Å². The zero-order chi connectivity index (χ0) is 14.8. The number of hydrogen-bond acceptors (Lipinski definition) is 2. The number of rotatable bonds is 3. The first-order chi connectivity index (χ1) is 9.37. The second-order valence-corrected chi connectivity index (χ2v) is 6.00. The summed E-state index contributed by atoms with van der Waals surface area (Å²) in [6.45, 7) is 4.68. The van der Waals surface area contributed by atoms with Gasteiger partial charge in [0.1, 0.15) is 0 Å². The molecule has 2 nitrogen and oxygen atoms in total. The summed E-state index contributed by atoms with van der Waals surface area (Å²) in [5.41, 5.74) is 1.75. The summed E-state index contributed by atoms with van der Waals surface area (Å²) < 4.78 is 39.5. The molecule has 1 aliphatic rings. The minimum atomic E-state index is -4.17. The van der Waals surface area contributed by atoms with Crippen molar-refractivity contribution in [1.82, 2.24) is 10.2 Å². The molecular formula is C14H20BrCl2F3N2. The summed E-state index contributed by atoms with van der Waals surface area (Å²) in [5.74, 6) is 0. The molecular weight excluding hydrogens is 404 g/mol. The van der Waals surface area contributed by atoms with Crippen LogP contribution >= 0.6 is 40.7 Å². The van der Waals surface area contributed by atoms with Crippen molar-refractivity contribution in [2.45, 2.75) is 25.6 Å². The van der Waals surface area contributed by atoms with Crippen LogP contribution < -0.4 is 5.32 Å². The largest absolute Gasteiger partial charge is 0.390 e. The Morgan fingerprint density at radius 3 is 2.32 bits per heavy atom. The fraction of sp³-hybridized carbons (Fsp3) is 0.571. The van der Waals surface area contributed by atoms with Crippen LogP contribution in [0.1, 0.15) is 23.6 Å². The Balaban J connectivity index is 0.00000220. The maximum atomic E-state index is 12.9. The van der Waals surface area contributed by atoms with Crippen LogP contribution in [-0.4, -0.2) is 37.3 Å². The van der Waals surface area contributed by atoms with Crippen molar-refractivity contribution in [3.63, 3.8) is 0 Å². The van der Waals surface area contributed by atoms with Gasteiger partial charge in [-0.15, -0.1) is 24.8 Å². The SMILES string of the molecule is Cc1ccc([C@@H](CC(F)(F)F)N2CCNCC2)c(Br)c1.Cl.Cl. The van der Waals surface area contributed by atoms with Crippen LogP contribution in [-0.2, 0) is 0 Å². The molecule has 1 fully saturated rings. The number of aryl methyl sites for hydroxylation is 1. The Morgan fingerprint density at radius 1 is 1.23 bits per heavy atom. The minimum absolute atomic E-state index is 0. The molecule has 0 radical (unpaired) electrons. The molecule has 0 saturated carbocycles. The van der Waals surface area contributed by atoms with Gasteiger partial charge in [-0.1, -0.05) is 28.1 Å². The van der Waals surface area contributed by atoms with E-state index in [9.17, 15) is 13.2 Å². The molecule has 8 heteroatoms. The maximum absolute atomic E-state index is 12.9. The minimum Gasteiger partial charge on any atom is -0.314 e. The average molecular weight is 424 g/mol. The monoisotopic (exact) mass is 422 g/mol. The molecule has 1 N–H and O–H groups in total. The predicted octanol–water partition coefficient (Wildman–Crippen LogP) is 4.50. The summed E-state index contributed by atoms with van der Waals surface area (Å²) >= 11 is 3.41. The van der Waals surface area contributed by atoms with Gasteiger partial charge in [-0.3, -0.25) is 4.90 Å². The lowest BCUT2D eigenvalue weighted by atomic mass is 9.99. The number of piperazine rings is 1. The van der Waals surface area contributed by atoms with E-state index >= 15 is 0 Å². The van der Waals surface area contributed by atoms with Crippen LogP contribution in [0, 0.1) is 6.92 Å². The number of hydrogen-bond donors (Lipinski definition) is 1. The van der Waals surface area contributed by atoms with Gasteiger partial charge in [0.25, 0.3) is 0 Å². The van der Waals surface area contributed by atoms with Gasteiger partial charge in [0.2, 0.25) is 0 Å². The lowest BCUT2D eigenvalue weighted by Gasteiger charge is -2.36. The molecule has 2 rings (SSSR count). The quantitative estimate of drug-likeness (QED) is 0.769. The van der Waals surface area contributed by atoms with Gasteiger partial charge in [-0.2, -0.15) is 13.2 Å². The van der Waals surface area contributed by atoms with Gasteiger partial charge in [-0.25, -0.2) is 0 Å². The fourth-order valence-electron chi connectivity index (χ4n) is 2.55. The molecule has 1 atom stereocenters. The number of nitrogens with zero attached hydrogens (tertiary/aromatic N) is 1.